The summed E-state index contributed by atoms with van der Waals surface area (Å²) in [5, 5.41) is 44.9. The van der Waals surface area contributed by atoms with Crippen LogP contribution in [0.15, 0.2) is 0 Å². The number of quaternary nitrogens is 1. The minimum absolute atomic E-state index is 0.00415. The van der Waals surface area contributed by atoms with Gasteiger partial charge in [0.25, 0.3) is 0 Å². The van der Waals surface area contributed by atoms with Gasteiger partial charge in [0, 0.05) is 19.3 Å². The van der Waals surface area contributed by atoms with E-state index in [1.54, 1.807) is 21.0 Å². The number of hydrogen-bond donors (Lipinski definition) is 5. The lowest BCUT2D eigenvalue weighted by atomic mass is 9.75. The topological polar surface area (TPSA) is 124 Å². The highest BCUT2D eigenvalue weighted by Gasteiger charge is 2.55. The van der Waals surface area contributed by atoms with E-state index in [0.717, 1.165) is 0 Å². The summed E-state index contributed by atoms with van der Waals surface area (Å²) in [6.07, 6.45) is 2.11. The van der Waals surface area contributed by atoms with Crippen LogP contribution in [0, 0.1) is 16.2 Å². The highest BCUT2D eigenvalue weighted by Crippen LogP contribution is 2.41. The van der Waals surface area contributed by atoms with Crippen molar-refractivity contribution < 1.29 is 39.4 Å². The molecular weight excluding hydrogens is 610 g/mol. The first kappa shape index (κ1) is 45.6. The first-order valence-electron chi connectivity index (χ1n) is 18.1. The zero-order chi connectivity index (χ0) is 38.2. The molecule has 3 fully saturated rings. The molecule has 0 aliphatic carbocycles. The molecule has 48 heavy (non-hydrogen) atoms. The molecule has 288 valence electrons. The van der Waals surface area contributed by atoms with E-state index < -0.39 is 16.8 Å². The number of rotatable bonds is 3. The van der Waals surface area contributed by atoms with E-state index in [1.165, 1.54) is 0 Å². The molecule has 0 aromatic heterocycles. The van der Waals surface area contributed by atoms with Gasteiger partial charge in [-0.25, -0.2) is 5.21 Å². The van der Waals surface area contributed by atoms with E-state index in [2.05, 4.69) is 79.5 Å². The summed E-state index contributed by atoms with van der Waals surface area (Å²) in [6, 6.07) is -0.261. The number of likely N-dealkylation sites (N-methyl/N-ethyl adjacent to an activating group) is 3. The van der Waals surface area contributed by atoms with Crippen molar-refractivity contribution in [3.63, 3.8) is 0 Å². The molecule has 3 saturated heterocycles. The molecule has 0 amide bonds. The maximum Gasteiger partial charge on any atom is 0.173 e. The summed E-state index contributed by atoms with van der Waals surface area (Å²) >= 11 is 0. The predicted octanol–water partition coefficient (Wildman–Crippen LogP) is 5.24. The van der Waals surface area contributed by atoms with E-state index in [9.17, 15) is 20.5 Å². The monoisotopic (exact) mass is 691 g/mol. The Morgan fingerprint density at radius 2 is 0.958 bits per heavy atom. The molecule has 3 rings (SSSR count). The standard InChI is InChI=1S/C13H28NO3.C13H27NO2.C12H25NO2/c1-9-11(14(6,7)16)13(5,15)8-10(17-9)12(2,3)4;1-9-11(14(6)7)13(5,15)8-10(16-9)12(2,3)4;1-8-10(13-6)12(5,14)7-9(15-8)11(2,3)4/h9-11,15-16H,8H2,1-7H3;9-11,15H,8H2,1-7H3;8-10,13-14H,7H2,1-6H3/q+1;;. The highest BCUT2D eigenvalue weighted by molar-refractivity contribution is 5.01. The normalized spacial score (nSPS) is 41.6. The van der Waals surface area contributed by atoms with Gasteiger partial charge >= 0.3 is 0 Å². The summed E-state index contributed by atoms with van der Waals surface area (Å²) in [4.78, 5) is 2.06. The van der Waals surface area contributed by atoms with Crippen molar-refractivity contribution in [3.8, 4) is 0 Å². The Bertz CT molecular complexity index is 988. The van der Waals surface area contributed by atoms with Gasteiger partial charge < -0.3 is 39.7 Å². The van der Waals surface area contributed by atoms with E-state index >= 15 is 0 Å². The minimum Gasteiger partial charge on any atom is -0.388 e. The predicted molar refractivity (Wildman–Crippen MR) is 195 cm³/mol. The van der Waals surface area contributed by atoms with Crippen LogP contribution >= 0.6 is 0 Å². The van der Waals surface area contributed by atoms with Crippen molar-refractivity contribution in [1.29, 1.82) is 0 Å². The molecular formula is C38H80N3O7+. The molecule has 0 spiro atoms. The van der Waals surface area contributed by atoms with Crippen molar-refractivity contribution >= 4 is 0 Å². The fraction of sp³-hybridized carbons (Fsp3) is 1.00. The third-order valence-corrected chi connectivity index (χ3v) is 10.7. The van der Waals surface area contributed by atoms with Crippen LogP contribution < -0.4 is 5.32 Å². The van der Waals surface area contributed by atoms with Gasteiger partial charge in [-0.05, 0) is 78.9 Å². The minimum atomic E-state index is -0.923. The maximum atomic E-state index is 10.6. The van der Waals surface area contributed by atoms with E-state index in [-0.39, 0.29) is 75.6 Å². The SMILES string of the molecule is CC1OC(C(C)(C)C)CC(C)(O)C1N(C)C.CC1OC(C(C)(C)C)CC(C)(O)C1[N+](C)(C)O.CNC1C(C)OC(C(C)(C)C)CC1(C)O. The van der Waals surface area contributed by atoms with Crippen LogP contribution in [-0.4, -0.2) is 137 Å². The Labute approximate surface area is 295 Å². The van der Waals surface area contributed by atoms with Crippen LogP contribution in [-0.2, 0) is 14.2 Å². The van der Waals surface area contributed by atoms with E-state index in [0.29, 0.717) is 19.3 Å². The molecule has 0 radical (unpaired) electrons. The van der Waals surface area contributed by atoms with Crippen LogP contribution in [0.3, 0.4) is 0 Å². The van der Waals surface area contributed by atoms with Crippen LogP contribution in [0.2, 0.25) is 0 Å². The first-order chi connectivity index (χ1) is 21.1. The fourth-order valence-corrected chi connectivity index (χ4v) is 8.41. The number of hydroxylamine groups is 3. The lowest BCUT2D eigenvalue weighted by Gasteiger charge is -2.50. The van der Waals surface area contributed by atoms with E-state index in [1.807, 2.05) is 48.8 Å². The summed E-state index contributed by atoms with van der Waals surface area (Å²) in [7, 11) is 9.22. The second kappa shape index (κ2) is 15.7. The summed E-state index contributed by atoms with van der Waals surface area (Å²) < 4.78 is 17.7. The molecule has 0 saturated carbocycles. The smallest absolute Gasteiger partial charge is 0.173 e. The number of ether oxygens (including phenoxy) is 3. The second-order valence-corrected chi connectivity index (χ2v) is 19.9. The van der Waals surface area contributed by atoms with Crippen LogP contribution in [0.25, 0.3) is 0 Å². The molecule has 3 heterocycles. The van der Waals surface area contributed by atoms with Gasteiger partial charge in [0.15, 0.2) is 6.04 Å². The number of nitrogens with one attached hydrogen (secondary N) is 1. The lowest BCUT2D eigenvalue weighted by molar-refractivity contribution is -1.10. The van der Waals surface area contributed by atoms with Crippen LogP contribution in [0.5, 0.6) is 0 Å². The third kappa shape index (κ3) is 12.1. The fourth-order valence-electron chi connectivity index (χ4n) is 8.41. The average Bonchev–Trinajstić information content (AvgIpc) is 2.79. The van der Waals surface area contributed by atoms with Gasteiger partial charge in [0.05, 0.1) is 67.9 Å². The Balaban J connectivity index is 0.000000361. The molecule has 12 atom stereocenters. The molecule has 12 unspecified atom stereocenters. The Morgan fingerprint density at radius 3 is 1.23 bits per heavy atom. The van der Waals surface area contributed by atoms with Gasteiger partial charge in [-0.3, -0.25) is 0 Å². The van der Waals surface area contributed by atoms with Gasteiger partial charge in [-0.15, -0.1) is 0 Å². The Kier molecular flexibility index (Phi) is 14.9. The number of hydrogen-bond acceptors (Lipinski definition) is 9. The third-order valence-electron chi connectivity index (χ3n) is 10.7. The van der Waals surface area contributed by atoms with E-state index in [4.69, 9.17) is 14.2 Å². The molecule has 0 aromatic rings. The second-order valence-electron chi connectivity index (χ2n) is 19.9. The van der Waals surface area contributed by atoms with Crippen molar-refractivity contribution in [2.24, 2.45) is 16.2 Å². The van der Waals surface area contributed by atoms with Gasteiger partial charge in [-0.2, -0.15) is 4.65 Å². The summed E-state index contributed by atoms with van der Waals surface area (Å²) in [5.74, 6) is 0. The maximum absolute atomic E-state index is 10.6. The zero-order valence-electron chi connectivity index (χ0n) is 34.7. The number of nitrogens with zero attached hydrogens (tertiary/aromatic N) is 2. The van der Waals surface area contributed by atoms with Gasteiger partial charge in [0.2, 0.25) is 0 Å². The Morgan fingerprint density at radius 1 is 0.625 bits per heavy atom. The van der Waals surface area contributed by atoms with Crippen molar-refractivity contribution in [3.05, 3.63) is 0 Å². The lowest BCUT2D eigenvalue weighted by Crippen LogP contribution is -2.68. The molecule has 10 heteroatoms. The van der Waals surface area contributed by atoms with Gasteiger partial charge in [-0.1, -0.05) is 62.3 Å². The van der Waals surface area contributed by atoms with Crippen LogP contribution in [0.1, 0.15) is 123 Å². The van der Waals surface area contributed by atoms with Crippen molar-refractivity contribution in [2.75, 3.05) is 35.2 Å². The van der Waals surface area contributed by atoms with Crippen molar-refractivity contribution in [1.82, 2.24) is 10.2 Å². The molecule has 3 aliphatic rings. The van der Waals surface area contributed by atoms with Gasteiger partial charge in [0.1, 0.15) is 11.7 Å². The molecule has 5 N–H and O–H groups in total. The van der Waals surface area contributed by atoms with Crippen LogP contribution in [0.4, 0.5) is 0 Å². The molecule has 10 nitrogen and oxygen atoms in total. The highest BCUT2D eigenvalue weighted by atomic mass is 16.6. The molecule has 0 aromatic carbocycles. The Hall–Kier alpha value is -0.400. The largest absolute Gasteiger partial charge is 0.388 e. The average molecular weight is 691 g/mol. The summed E-state index contributed by atoms with van der Waals surface area (Å²) in [6.45, 7) is 30.9. The zero-order valence-corrected chi connectivity index (χ0v) is 34.7. The summed E-state index contributed by atoms with van der Waals surface area (Å²) in [5.41, 5.74) is -2.14. The van der Waals surface area contributed by atoms with Crippen molar-refractivity contribution in [2.45, 2.75) is 195 Å². The quantitative estimate of drug-likeness (QED) is 0.200. The molecule has 0 bridgehead atoms. The first-order valence-corrected chi connectivity index (χ1v) is 18.1. The molecule has 3 aliphatic heterocycles. The number of aliphatic hydroxyl groups is 3.